The van der Waals surface area contributed by atoms with Gasteiger partial charge in [-0.3, -0.25) is 14.4 Å². The molecule has 0 bridgehead atoms. The zero-order chi connectivity index (χ0) is 19.2. The van der Waals surface area contributed by atoms with Gasteiger partial charge in [0.05, 0.1) is 12.5 Å². The zero-order valence-corrected chi connectivity index (χ0v) is 15.5. The first-order valence-electron chi connectivity index (χ1n) is 9.37. The largest absolute Gasteiger partial charge is 0.466 e. The van der Waals surface area contributed by atoms with Crippen LogP contribution in [0.3, 0.4) is 0 Å². The maximum atomic E-state index is 12.6. The van der Waals surface area contributed by atoms with E-state index in [1.54, 1.807) is 35.2 Å². The number of aromatic nitrogens is 2. The van der Waals surface area contributed by atoms with Gasteiger partial charge in [-0.2, -0.15) is 0 Å². The van der Waals surface area contributed by atoms with E-state index in [1.807, 2.05) is 4.90 Å². The normalized spacial score (nSPS) is 18.3. The van der Waals surface area contributed by atoms with Crippen LogP contribution < -0.4 is 4.90 Å². The minimum absolute atomic E-state index is 0.182. The van der Waals surface area contributed by atoms with Gasteiger partial charge in [0.2, 0.25) is 5.95 Å². The molecule has 0 saturated carbocycles. The lowest BCUT2D eigenvalue weighted by atomic mass is 9.97. The van der Waals surface area contributed by atoms with Crippen LogP contribution in [0.25, 0.3) is 0 Å². The van der Waals surface area contributed by atoms with Crippen LogP contribution in [0.5, 0.6) is 0 Å². The first kappa shape index (κ1) is 19.1. The maximum Gasteiger partial charge on any atom is 0.312 e. The number of rotatable bonds is 3. The maximum absolute atomic E-state index is 12.6. The van der Waals surface area contributed by atoms with E-state index in [-0.39, 0.29) is 11.9 Å². The van der Waals surface area contributed by atoms with Crippen molar-refractivity contribution in [1.82, 2.24) is 19.8 Å². The second kappa shape index (κ2) is 8.79. The number of nitrogens with zero attached hydrogens (tertiary/aromatic N) is 5. The Morgan fingerprint density at radius 1 is 0.963 bits per heavy atom. The monoisotopic (exact) mass is 375 g/mol. The second-order valence-electron chi connectivity index (χ2n) is 6.65. The van der Waals surface area contributed by atoms with Gasteiger partial charge in [0.1, 0.15) is 0 Å². The number of carbonyl (C=O) groups excluding carboxylic acids is 3. The number of ether oxygens (including phenoxy) is 1. The van der Waals surface area contributed by atoms with Crippen LogP contribution in [0.2, 0.25) is 0 Å². The molecule has 0 aliphatic carbocycles. The van der Waals surface area contributed by atoms with Crippen molar-refractivity contribution in [3.8, 4) is 0 Å². The summed E-state index contributed by atoms with van der Waals surface area (Å²) in [5.74, 6) is -0.717. The molecule has 2 amide bonds. The summed E-state index contributed by atoms with van der Waals surface area (Å²) >= 11 is 0. The third kappa shape index (κ3) is 4.53. The Morgan fingerprint density at radius 3 is 2.07 bits per heavy atom. The Hall–Kier alpha value is -2.71. The number of hydrogen-bond acceptors (Lipinski definition) is 7. The van der Waals surface area contributed by atoms with Gasteiger partial charge in [-0.15, -0.1) is 0 Å². The van der Waals surface area contributed by atoms with E-state index in [2.05, 4.69) is 9.97 Å². The third-order valence-corrected chi connectivity index (χ3v) is 4.99. The van der Waals surface area contributed by atoms with Crippen LogP contribution in [0.15, 0.2) is 18.5 Å². The summed E-state index contributed by atoms with van der Waals surface area (Å²) in [5.41, 5.74) is 0. The van der Waals surface area contributed by atoms with Crippen LogP contribution in [0.1, 0.15) is 19.8 Å². The molecule has 1 aromatic rings. The fourth-order valence-corrected chi connectivity index (χ4v) is 3.41. The number of hydrogen-bond donors (Lipinski definition) is 0. The van der Waals surface area contributed by atoms with Gasteiger partial charge in [0, 0.05) is 51.7 Å². The Labute approximate surface area is 158 Å². The molecule has 0 aromatic carbocycles. The average molecular weight is 375 g/mol. The second-order valence-corrected chi connectivity index (χ2v) is 6.65. The summed E-state index contributed by atoms with van der Waals surface area (Å²) < 4.78 is 5.03. The van der Waals surface area contributed by atoms with Crippen LogP contribution in [-0.2, 0) is 19.1 Å². The molecule has 3 heterocycles. The van der Waals surface area contributed by atoms with E-state index in [1.165, 1.54) is 0 Å². The van der Waals surface area contributed by atoms with Crippen molar-refractivity contribution in [3.05, 3.63) is 18.5 Å². The van der Waals surface area contributed by atoms with Gasteiger partial charge in [-0.1, -0.05) is 0 Å². The molecular weight excluding hydrogens is 350 g/mol. The predicted molar refractivity (Wildman–Crippen MR) is 96.8 cm³/mol. The van der Waals surface area contributed by atoms with Crippen molar-refractivity contribution < 1.29 is 19.1 Å². The standard InChI is InChI=1S/C18H25N5O4/c1-2-27-17(26)14-4-8-21(9-5-14)15(24)16(25)22-10-12-23(13-11-22)18-19-6-3-7-20-18/h3,6-7,14H,2,4-5,8-13H2,1H3. The van der Waals surface area contributed by atoms with Crippen LogP contribution in [0, 0.1) is 5.92 Å². The predicted octanol–water partition coefficient (Wildman–Crippen LogP) is -0.0731. The van der Waals surface area contributed by atoms with Crippen LogP contribution >= 0.6 is 0 Å². The van der Waals surface area contributed by atoms with Gasteiger partial charge >= 0.3 is 17.8 Å². The van der Waals surface area contributed by atoms with Crippen molar-refractivity contribution in [2.24, 2.45) is 5.92 Å². The van der Waals surface area contributed by atoms with E-state index in [4.69, 9.17) is 4.74 Å². The molecule has 0 radical (unpaired) electrons. The van der Waals surface area contributed by atoms with E-state index < -0.39 is 11.8 Å². The van der Waals surface area contributed by atoms with E-state index >= 15 is 0 Å². The summed E-state index contributed by atoms with van der Waals surface area (Å²) in [4.78, 5) is 50.4. The smallest absolute Gasteiger partial charge is 0.312 e. The molecule has 9 heteroatoms. The van der Waals surface area contributed by atoms with Gasteiger partial charge in [0.15, 0.2) is 0 Å². The van der Waals surface area contributed by atoms with Crippen LogP contribution in [0.4, 0.5) is 5.95 Å². The number of anilines is 1. The van der Waals surface area contributed by atoms with Crippen molar-refractivity contribution in [2.45, 2.75) is 19.8 Å². The van der Waals surface area contributed by atoms with Crippen molar-refractivity contribution >= 4 is 23.7 Å². The van der Waals surface area contributed by atoms with Crippen molar-refractivity contribution in [1.29, 1.82) is 0 Å². The Balaban J connectivity index is 1.47. The highest BCUT2D eigenvalue weighted by atomic mass is 16.5. The molecule has 0 spiro atoms. The molecule has 0 N–H and O–H groups in total. The molecule has 2 fully saturated rings. The molecule has 2 aliphatic heterocycles. The van der Waals surface area contributed by atoms with E-state index in [9.17, 15) is 14.4 Å². The molecular formula is C18H25N5O4. The lowest BCUT2D eigenvalue weighted by Gasteiger charge is -2.36. The molecule has 2 aliphatic rings. The minimum atomic E-state index is -0.485. The number of carbonyl (C=O) groups is 3. The molecule has 3 rings (SSSR count). The SMILES string of the molecule is CCOC(=O)C1CCN(C(=O)C(=O)N2CCN(c3ncccn3)CC2)CC1. The topological polar surface area (TPSA) is 95.9 Å². The summed E-state index contributed by atoms with van der Waals surface area (Å²) in [5, 5.41) is 0. The van der Waals surface area contributed by atoms with Gasteiger partial charge < -0.3 is 19.4 Å². The summed E-state index contributed by atoms with van der Waals surface area (Å²) in [6.07, 6.45) is 4.44. The lowest BCUT2D eigenvalue weighted by Crippen LogP contribution is -2.54. The van der Waals surface area contributed by atoms with Crippen LogP contribution in [-0.4, -0.2) is 83.4 Å². The first-order valence-corrected chi connectivity index (χ1v) is 9.37. The highest BCUT2D eigenvalue weighted by molar-refractivity contribution is 6.35. The zero-order valence-electron chi connectivity index (χ0n) is 15.5. The van der Waals surface area contributed by atoms with Gasteiger partial charge in [0.25, 0.3) is 0 Å². The molecule has 0 unspecified atom stereocenters. The minimum Gasteiger partial charge on any atom is -0.466 e. The molecule has 27 heavy (non-hydrogen) atoms. The molecule has 1 aromatic heterocycles. The lowest BCUT2D eigenvalue weighted by molar-refractivity contribution is -0.155. The van der Waals surface area contributed by atoms with Crippen molar-refractivity contribution in [2.75, 3.05) is 50.8 Å². The van der Waals surface area contributed by atoms with E-state index in [0.717, 1.165) is 0 Å². The number of piperidine rings is 1. The molecule has 9 nitrogen and oxygen atoms in total. The first-order chi connectivity index (χ1) is 13.1. The fourth-order valence-electron chi connectivity index (χ4n) is 3.41. The number of esters is 1. The highest BCUT2D eigenvalue weighted by Gasteiger charge is 2.34. The van der Waals surface area contributed by atoms with Crippen molar-refractivity contribution in [3.63, 3.8) is 0 Å². The Bertz CT molecular complexity index is 668. The highest BCUT2D eigenvalue weighted by Crippen LogP contribution is 2.19. The number of amides is 2. The van der Waals surface area contributed by atoms with E-state index in [0.29, 0.717) is 64.7 Å². The number of piperazine rings is 1. The summed E-state index contributed by atoms with van der Waals surface area (Å²) in [7, 11) is 0. The Kier molecular flexibility index (Phi) is 6.20. The quantitative estimate of drug-likeness (QED) is 0.539. The third-order valence-electron chi connectivity index (χ3n) is 4.99. The van der Waals surface area contributed by atoms with Gasteiger partial charge in [-0.25, -0.2) is 9.97 Å². The summed E-state index contributed by atoms with van der Waals surface area (Å²) in [6.45, 7) is 5.05. The molecule has 0 atom stereocenters. The molecule has 146 valence electrons. The summed E-state index contributed by atoms with van der Waals surface area (Å²) in [6, 6.07) is 1.76. The van der Waals surface area contributed by atoms with Gasteiger partial charge in [-0.05, 0) is 25.8 Å². The fraction of sp³-hybridized carbons (Fsp3) is 0.611. The number of likely N-dealkylation sites (tertiary alicyclic amines) is 1. The average Bonchev–Trinajstić information content (AvgIpc) is 2.74. The molecule has 2 saturated heterocycles. The Morgan fingerprint density at radius 2 is 1.52 bits per heavy atom.